The number of hydrogen-bond acceptors (Lipinski definition) is 3. The van der Waals surface area contributed by atoms with Crippen LogP contribution in [0.15, 0.2) is 36.4 Å². The van der Waals surface area contributed by atoms with Crippen LogP contribution in [0.2, 0.25) is 0 Å². The maximum absolute atomic E-state index is 12.5. The molecule has 4 heteroatoms. The van der Waals surface area contributed by atoms with Gasteiger partial charge in [-0.05, 0) is 46.9 Å². The molecule has 1 heterocycles. The Morgan fingerprint density at radius 3 is 1.68 bits per heavy atom. The molecule has 0 saturated carbocycles. The van der Waals surface area contributed by atoms with Gasteiger partial charge in [0.15, 0.2) is 11.5 Å². The van der Waals surface area contributed by atoms with Crippen molar-refractivity contribution >= 4 is 8.25 Å². The molecular weight excluding hydrogens is 331 g/mol. The lowest BCUT2D eigenvalue weighted by atomic mass is 9.72. The third-order valence-electron chi connectivity index (χ3n) is 6.30. The van der Waals surface area contributed by atoms with Gasteiger partial charge in [-0.1, -0.05) is 52.0 Å². The minimum Gasteiger partial charge on any atom is -0.222 e. The van der Waals surface area contributed by atoms with Crippen molar-refractivity contribution in [2.45, 2.75) is 56.8 Å². The van der Waals surface area contributed by atoms with Crippen molar-refractivity contribution in [3.05, 3.63) is 58.7 Å². The molecule has 0 radical (unpaired) electrons. The topological polar surface area (TPSA) is 35.5 Å². The van der Waals surface area contributed by atoms with E-state index >= 15 is 0 Å². The highest BCUT2D eigenvalue weighted by atomic mass is 31.1. The van der Waals surface area contributed by atoms with Crippen LogP contribution in [-0.4, -0.2) is 0 Å². The Labute approximate surface area is 149 Å². The van der Waals surface area contributed by atoms with Crippen LogP contribution in [0.5, 0.6) is 11.5 Å². The van der Waals surface area contributed by atoms with Crippen molar-refractivity contribution in [2.24, 2.45) is 0 Å². The van der Waals surface area contributed by atoms with Crippen molar-refractivity contribution in [1.29, 1.82) is 0 Å². The van der Waals surface area contributed by atoms with Crippen LogP contribution in [0.1, 0.15) is 62.8 Å². The Morgan fingerprint density at radius 1 is 0.800 bits per heavy atom. The zero-order valence-electron chi connectivity index (χ0n) is 15.1. The minimum absolute atomic E-state index is 0.0372. The summed E-state index contributed by atoms with van der Waals surface area (Å²) in [6.07, 6.45) is 2.03. The number of benzene rings is 2. The van der Waals surface area contributed by atoms with Crippen LogP contribution >= 0.6 is 8.25 Å². The van der Waals surface area contributed by atoms with Gasteiger partial charge in [-0.3, -0.25) is 0 Å². The second-order valence-corrected chi connectivity index (χ2v) is 9.78. The van der Waals surface area contributed by atoms with E-state index in [0.29, 0.717) is 0 Å². The fraction of sp³-hybridized carbons (Fsp3) is 0.429. The van der Waals surface area contributed by atoms with Crippen LogP contribution in [-0.2, 0) is 20.8 Å². The summed E-state index contributed by atoms with van der Waals surface area (Å²) in [6, 6.07) is 12.3. The largest absolute Gasteiger partial charge is 0.805 e. The predicted octanol–water partition coefficient (Wildman–Crippen LogP) is 5.76. The van der Waals surface area contributed by atoms with E-state index in [1.807, 2.05) is 24.3 Å². The first-order valence-corrected chi connectivity index (χ1v) is 9.95. The number of hydrogen-bond donors (Lipinski definition) is 0. The summed E-state index contributed by atoms with van der Waals surface area (Å²) in [6.45, 7) is 9.21. The molecule has 3 aliphatic rings. The molecule has 1 aliphatic heterocycles. The summed E-state index contributed by atoms with van der Waals surface area (Å²) in [7, 11) is -2.23. The minimum atomic E-state index is -2.23. The van der Waals surface area contributed by atoms with Crippen LogP contribution < -0.4 is 9.05 Å². The van der Waals surface area contributed by atoms with Gasteiger partial charge in [-0.15, -0.1) is 0 Å². The Kier molecular flexibility index (Phi) is 2.74. The molecule has 0 atom stereocenters. The van der Waals surface area contributed by atoms with Crippen LogP contribution in [0.3, 0.4) is 0 Å². The van der Waals surface area contributed by atoms with Gasteiger partial charge in [0.2, 0.25) is 0 Å². The van der Waals surface area contributed by atoms with Gasteiger partial charge in [0.25, 0.3) is 0 Å². The molecule has 0 bridgehead atoms. The first-order valence-electron chi connectivity index (χ1n) is 8.86. The highest BCUT2D eigenvalue weighted by Crippen LogP contribution is 2.67. The average molecular weight is 353 g/mol. The second-order valence-electron chi connectivity index (χ2n) is 8.97. The first kappa shape index (κ1) is 15.4. The van der Waals surface area contributed by atoms with Gasteiger partial charge in [0.05, 0.1) is 0 Å². The lowest BCUT2D eigenvalue weighted by molar-refractivity contribution is 0.333. The average Bonchev–Trinajstić information content (AvgIpc) is 2.87. The molecule has 1 spiro atoms. The summed E-state index contributed by atoms with van der Waals surface area (Å²) in [5, 5.41) is 0. The lowest BCUT2D eigenvalue weighted by Crippen LogP contribution is -2.28. The van der Waals surface area contributed by atoms with Crippen molar-refractivity contribution in [3.63, 3.8) is 0 Å². The van der Waals surface area contributed by atoms with E-state index in [1.54, 1.807) is 0 Å². The van der Waals surface area contributed by atoms with Crippen LogP contribution in [0, 0.1) is 0 Å². The number of rotatable bonds is 0. The van der Waals surface area contributed by atoms with Crippen molar-refractivity contribution < 1.29 is 13.6 Å². The molecule has 2 aromatic carbocycles. The molecule has 0 aromatic heterocycles. The fourth-order valence-corrected chi connectivity index (χ4v) is 6.41. The van der Waals surface area contributed by atoms with Crippen LogP contribution in [0.4, 0.5) is 0 Å². The van der Waals surface area contributed by atoms with Gasteiger partial charge in [-0.25, -0.2) is 9.05 Å². The molecule has 2 aromatic rings. The summed E-state index contributed by atoms with van der Waals surface area (Å²) in [5.41, 5.74) is 5.02. The molecule has 0 fully saturated rings. The van der Waals surface area contributed by atoms with E-state index in [1.165, 1.54) is 22.3 Å². The van der Waals surface area contributed by atoms with Crippen molar-refractivity contribution in [1.82, 2.24) is 0 Å². The standard InChI is InChI=1S/C21H22O3P/c1-19(2)11-21-12-20(3,4)14-8-6-10-16(18(14)21)24-25(22)23-15-9-5-7-13(19)17(15)21/h5-10H,11-12H2,1-4H3/q+1. The van der Waals surface area contributed by atoms with Gasteiger partial charge >= 0.3 is 8.25 Å². The van der Waals surface area contributed by atoms with Gasteiger partial charge < -0.3 is 0 Å². The Hall–Kier alpha value is -1.86. The van der Waals surface area contributed by atoms with Crippen molar-refractivity contribution in [3.8, 4) is 11.5 Å². The smallest absolute Gasteiger partial charge is 0.222 e. The molecule has 2 aliphatic carbocycles. The molecule has 0 saturated heterocycles. The third kappa shape index (κ3) is 1.83. The summed E-state index contributed by atoms with van der Waals surface area (Å²) in [5.74, 6) is 1.45. The normalized spacial score (nSPS) is 23.0. The zero-order chi connectivity index (χ0) is 17.6. The van der Waals surface area contributed by atoms with Gasteiger partial charge in [0.1, 0.15) is 0 Å². The van der Waals surface area contributed by atoms with E-state index in [4.69, 9.17) is 9.05 Å². The van der Waals surface area contributed by atoms with E-state index in [2.05, 4.69) is 39.8 Å². The highest BCUT2D eigenvalue weighted by molar-refractivity contribution is 7.34. The quantitative estimate of drug-likeness (QED) is 0.565. The Balaban J connectivity index is 1.95. The molecule has 5 rings (SSSR count). The Bertz CT molecular complexity index is 867. The van der Waals surface area contributed by atoms with E-state index < -0.39 is 8.25 Å². The van der Waals surface area contributed by atoms with Gasteiger partial charge in [0, 0.05) is 21.1 Å². The van der Waals surface area contributed by atoms with Crippen molar-refractivity contribution in [2.75, 3.05) is 0 Å². The van der Waals surface area contributed by atoms with E-state index in [9.17, 15) is 4.57 Å². The van der Waals surface area contributed by atoms with Gasteiger partial charge in [-0.2, -0.15) is 0 Å². The monoisotopic (exact) mass is 353 g/mol. The maximum atomic E-state index is 12.5. The molecule has 3 nitrogen and oxygen atoms in total. The Morgan fingerprint density at radius 2 is 1.24 bits per heavy atom. The second kappa shape index (κ2) is 4.45. The third-order valence-corrected chi connectivity index (χ3v) is 6.99. The maximum Gasteiger partial charge on any atom is 0.805 e. The van der Waals surface area contributed by atoms with E-state index in [-0.39, 0.29) is 16.2 Å². The molecule has 0 amide bonds. The predicted molar refractivity (Wildman–Crippen MR) is 97.8 cm³/mol. The summed E-state index contributed by atoms with van der Waals surface area (Å²) in [4.78, 5) is 0. The van der Waals surface area contributed by atoms with E-state index in [0.717, 1.165) is 24.3 Å². The summed E-state index contributed by atoms with van der Waals surface area (Å²) >= 11 is 0. The molecule has 0 N–H and O–H groups in total. The molecular formula is C21H22O3P+. The lowest BCUT2D eigenvalue weighted by Gasteiger charge is -2.31. The van der Waals surface area contributed by atoms with Crippen LogP contribution in [0.25, 0.3) is 0 Å². The zero-order valence-corrected chi connectivity index (χ0v) is 15.9. The fourth-order valence-electron chi connectivity index (χ4n) is 5.75. The molecule has 128 valence electrons. The summed E-state index contributed by atoms with van der Waals surface area (Å²) < 4.78 is 24.0. The first-order chi connectivity index (χ1) is 11.7. The molecule has 25 heavy (non-hydrogen) atoms. The SMILES string of the molecule is CC1(C)CC23CC(C)(C)c4cccc(c42)O[P+](=O)Oc2cccc1c23. The highest BCUT2D eigenvalue weighted by Gasteiger charge is 2.60. The molecule has 0 unspecified atom stereocenters.